The van der Waals surface area contributed by atoms with E-state index in [1.165, 1.54) is 36.7 Å². The largest absolute Gasteiger partial charge is 0.434 e. The Morgan fingerprint density at radius 1 is 1.00 bits per heavy atom. The molecule has 2 aromatic heterocycles. The first-order valence-electron chi connectivity index (χ1n) is 8.91. The number of halogens is 4. The third kappa shape index (κ3) is 5.69. The summed E-state index contributed by atoms with van der Waals surface area (Å²) in [5, 5.41) is 21.2. The average Bonchev–Trinajstić information content (AvgIpc) is 3.18. The molecule has 31 heavy (non-hydrogen) atoms. The second-order valence-electron chi connectivity index (χ2n) is 6.92. The number of pyridine rings is 1. The quantitative estimate of drug-likeness (QED) is 0.476. The molecule has 2 N–H and O–H groups in total. The summed E-state index contributed by atoms with van der Waals surface area (Å²) in [5.74, 6) is -0.625. The first kappa shape index (κ1) is 22.9. The second-order valence-corrected chi connectivity index (χ2v) is 7.99. The summed E-state index contributed by atoms with van der Waals surface area (Å²) in [6.07, 6.45) is 1.42. The SMILES string of the molecule is CC(C)(O)c1ncc([C@H](O)c2ccc(OC(F)F)c(-c3ccnc(OC(F)F)c3)c2)s1. The number of benzene rings is 1. The number of nitrogens with zero attached hydrogens (tertiary/aromatic N) is 2. The summed E-state index contributed by atoms with van der Waals surface area (Å²) in [4.78, 5) is 8.17. The van der Waals surface area contributed by atoms with E-state index in [1.807, 2.05) is 0 Å². The van der Waals surface area contributed by atoms with Crippen LogP contribution in [0.2, 0.25) is 0 Å². The Bertz CT molecular complexity index is 1040. The van der Waals surface area contributed by atoms with Crippen molar-refractivity contribution in [2.45, 2.75) is 38.8 Å². The predicted molar refractivity (Wildman–Crippen MR) is 104 cm³/mol. The lowest BCUT2D eigenvalue weighted by atomic mass is 9.99. The van der Waals surface area contributed by atoms with E-state index in [4.69, 9.17) is 0 Å². The fraction of sp³-hybridized carbons (Fsp3) is 0.300. The molecule has 0 saturated heterocycles. The van der Waals surface area contributed by atoms with E-state index >= 15 is 0 Å². The molecule has 0 fully saturated rings. The molecule has 0 spiro atoms. The Morgan fingerprint density at radius 2 is 1.71 bits per heavy atom. The first-order chi connectivity index (χ1) is 14.5. The molecule has 0 radical (unpaired) electrons. The topological polar surface area (TPSA) is 84.7 Å². The van der Waals surface area contributed by atoms with Gasteiger partial charge in [0.25, 0.3) is 0 Å². The Kier molecular flexibility index (Phi) is 6.77. The number of aromatic nitrogens is 2. The first-order valence-corrected chi connectivity index (χ1v) is 9.73. The van der Waals surface area contributed by atoms with Crippen LogP contribution in [0.25, 0.3) is 11.1 Å². The number of thiazole rings is 1. The van der Waals surface area contributed by atoms with Crippen LogP contribution in [0.5, 0.6) is 11.6 Å². The van der Waals surface area contributed by atoms with Crippen LogP contribution >= 0.6 is 11.3 Å². The van der Waals surface area contributed by atoms with Gasteiger partial charge in [-0.05, 0) is 43.2 Å². The molecule has 0 unspecified atom stereocenters. The number of ether oxygens (including phenoxy) is 2. The monoisotopic (exact) mass is 458 g/mol. The number of aliphatic hydroxyl groups excluding tert-OH is 1. The standard InChI is InChI=1S/C20H18F4N2O4S/c1-20(2,28)17-26-9-14(31-17)16(27)11-3-4-13(29-18(21)22)12(7-11)10-5-6-25-15(8-10)30-19(23)24/h3-9,16,18-19,27-28H,1-2H3/t16-/m1/s1. The van der Waals surface area contributed by atoms with Gasteiger partial charge in [-0.1, -0.05) is 6.07 Å². The number of hydrogen-bond donors (Lipinski definition) is 2. The minimum absolute atomic E-state index is 0.116. The van der Waals surface area contributed by atoms with E-state index in [9.17, 15) is 27.8 Å². The smallest absolute Gasteiger partial charge is 0.388 e. The van der Waals surface area contributed by atoms with Crippen LogP contribution in [0.4, 0.5) is 17.6 Å². The minimum atomic E-state index is -3.12. The fourth-order valence-corrected chi connectivity index (χ4v) is 3.67. The molecule has 0 aliphatic rings. The van der Waals surface area contributed by atoms with Crippen molar-refractivity contribution in [1.29, 1.82) is 0 Å². The van der Waals surface area contributed by atoms with E-state index in [1.54, 1.807) is 13.8 Å². The molecule has 166 valence electrons. The van der Waals surface area contributed by atoms with Crippen LogP contribution in [0.15, 0.2) is 42.7 Å². The molecule has 6 nitrogen and oxygen atoms in total. The highest BCUT2D eigenvalue weighted by Crippen LogP contribution is 2.38. The molecule has 11 heteroatoms. The van der Waals surface area contributed by atoms with Gasteiger partial charge in [-0.25, -0.2) is 9.97 Å². The third-order valence-corrected chi connectivity index (χ3v) is 5.47. The van der Waals surface area contributed by atoms with E-state index in [0.29, 0.717) is 15.4 Å². The lowest BCUT2D eigenvalue weighted by Gasteiger charge is -2.16. The van der Waals surface area contributed by atoms with Crippen molar-refractivity contribution in [1.82, 2.24) is 9.97 Å². The predicted octanol–water partition coefficient (Wildman–Crippen LogP) is 4.72. The van der Waals surface area contributed by atoms with E-state index in [2.05, 4.69) is 19.4 Å². The third-order valence-electron chi connectivity index (χ3n) is 4.11. The zero-order chi connectivity index (χ0) is 22.8. The van der Waals surface area contributed by atoms with Gasteiger partial charge in [-0.3, -0.25) is 0 Å². The van der Waals surface area contributed by atoms with E-state index < -0.39 is 30.8 Å². The molecule has 3 aromatic rings. The number of aliphatic hydroxyl groups is 2. The Hall–Kier alpha value is -2.76. The van der Waals surface area contributed by atoms with Crippen molar-refractivity contribution >= 4 is 11.3 Å². The van der Waals surface area contributed by atoms with Crippen LogP contribution in [0.3, 0.4) is 0 Å². The highest BCUT2D eigenvalue weighted by molar-refractivity contribution is 7.11. The zero-order valence-corrected chi connectivity index (χ0v) is 17.1. The van der Waals surface area contributed by atoms with Gasteiger partial charge in [0, 0.05) is 24.0 Å². The van der Waals surface area contributed by atoms with Gasteiger partial charge in [-0.2, -0.15) is 17.6 Å². The Labute approximate surface area is 178 Å². The maximum absolute atomic E-state index is 12.9. The highest BCUT2D eigenvalue weighted by Gasteiger charge is 2.24. The number of hydrogen-bond acceptors (Lipinski definition) is 7. The van der Waals surface area contributed by atoms with Crippen molar-refractivity contribution in [3.8, 4) is 22.8 Å². The second kappa shape index (κ2) is 9.16. The Balaban J connectivity index is 2.02. The molecule has 3 rings (SSSR count). The van der Waals surface area contributed by atoms with Crippen molar-refractivity contribution in [2.75, 3.05) is 0 Å². The lowest BCUT2D eigenvalue weighted by molar-refractivity contribution is -0.0528. The summed E-state index contributed by atoms with van der Waals surface area (Å²) >= 11 is 1.09. The van der Waals surface area contributed by atoms with Crippen LogP contribution in [0, 0.1) is 0 Å². The van der Waals surface area contributed by atoms with E-state index in [0.717, 1.165) is 17.4 Å². The summed E-state index contributed by atoms with van der Waals surface area (Å²) in [5.41, 5.74) is -0.543. The van der Waals surface area contributed by atoms with Crippen LogP contribution < -0.4 is 9.47 Å². The van der Waals surface area contributed by atoms with Gasteiger partial charge in [0.15, 0.2) is 0 Å². The van der Waals surface area contributed by atoms with Crippen LogP contribution in [-0.2, 0) is 5.60 Å². The molecule has 0 aliphatic heterocycles. The molecule has 1 atom stereocenters. The maximum atomic E-state index is 12.9. The minimum Gasteiger partial charge on any atom is -0.434 e. The molecular weight excluding hydrogens is 440 g/mol. The summed E-state index contributed by atoms with van der Waals surface area (Å²) in [6.45, 7) is -3.12. The lowest BCUT2D eigenvalue weighted by Crippen LogP contribution is -2.14. The van der Waals surface area contributed by atoms with Crippen molar-refractivity contribution < 1.29 is 37.2 Å². The number of alkyl halides is 4. The summed E-state index contributed by atoms with van der Waals surface area (Å²) in [6, 6.07) is 6.59. The average molecular weight is 458 g/mol. The van der Waals surface area contributed by atoms with Gasteiger partial charge in [0.2, 0.25) is 5.88 Å². The van der Waals surface area contributed by atoms with E-state index in [-0.39, 0.29) is 16.9 Å². The molecule has 2 heterocycles. The normalized spacial score (nSPS) is 13.0. The molecule has 0 amide bonds. The van der Waals surface area contributed by atoms with Gasteiger partial charge in [-0.15, -0.1) is 11.3 Å². The number of rotatable bonds is 8. The van der Waals surface area contributed by atoms with Crippen molar-refractivity contribution in [3.05, 3.63) is 58.2 Å². The van der Waals surface area contributed by atoms with Crippen molar-refractivity contribution in [3.63, 3.8) is 0 Å². The molecular formula is C20H18F4N2O4S. The molecule has 0 bridgehead atoms. The van der Waals surface area contributed by atoms with Gasteiger partial charge in [0.1, 0.15) is 22.5 Å². The summed E-state index contributed by atoms with van der Waals surface area (Å²) < 4.78 is 59.6. The summed E-state index contributed by atoms with van der Waals surface area (Å²) in [7, 11) is 0. The van der Waals surface area contributed by atoms with Gasteiger partial charge < -0.3 is 19.7 Å². The highest BCUT2D eigenvalue weighted by atomic mass is 32.1. The zero-order valence-electron chi connectivity index (χ0n) is 16.3. The Morgan fingerprint density at radius 3 is 2.32 bits per heavy atom. The van der Waals surface area contributed by atoms with Gasteiger partial charge in [0.05, 0.1) is 4.88 Å². The fourth-order valence-electron chi connectivity index (χ4n) is 2.73. The van der Waals surface area contributed by atoms with Gasteiger partial charge >= 0.3 is 13.2 Å². The van der Waals surface area contributed by atoms with Crippen LogP contribution in [0.1, 0.15) is 35.4 Å². The molecule has 0 saturated carbocycles. The van der Waals surface area contributed by atoms with Crippen molar-refractivity contribution in [2.24, 2.45) is 0 Å². The van der Waals surface area contributed by atoms with Crippen LogP contribution in [-0.4, -0.2) is 33.4 Å². The molecule has 0 aliphatic carbocycles. The molecule has 1 aromatic carbocycles. The maximum Gasteiger partial charge on any atom is 0.388 e.